The number of aliphatic hydroxyl groups excluding tert-OH is 1. The summed E-state index contributed by atoms with van der Waals surface area (Å²) in [7, 11) is 0. The molecule has 108 valence electrons. The highest BCUT2D eigenvalue weighted by Crippen LogP contribution is 2.55. The van der Waals surface area contributed by atoms with E-state index in [1.165, 1.54) is 6.08 Å². The monoisotopic (exact) mass is 278 g/mol. The maximum atomic E-state index is 12.2. The fourth-order valence-electron chi connectivity index (χ4n) is 4.09. The minimum atomic E-state index is -1.77. The molecule has 1 heterocycles. The molecule has 0 aromatic carbocycles. The summed E-state index contributed by atoms with van der Waals surface area (Å²) in [6.45, 7) is 7.19. The van der Waals surface area contributed by atoms with Crippen molar-refractivity contribution in [2.75, 3.05) is 0 Å². The Hall–Kier alpha value is -1.46. The molecular formula is C15H18O5. The van der Waals surface area contributed by atoms with Crippen LogP contribution >= 0.6 is 0 Å². The summed E-state index contributed by atoms with van der Waals surface area (Å²) >= 11 is 0. The first kappa shape index (κ1) is 13.5. The molecule has 0 spiro atoms. The fraction of sp³-hybridized carbons (Fsp3) is 0.600. The predicted octanol–water partition coefficient (Wildman–Crippen LogP) is 0.566. The van der Waals surface area contributed by atoms with E-state index in [2.05, 4.69) is 6.58 Å². The SMILES string of the molecule is C=C1C(=O)O[C@]2(O)C[C@H](C)[C@@H]3C=CC(=O)[C@@]3(C)[C@@H](O)C12. The first-order valence-corrected chi connectivity index (χ1v) is 6.77. The van der Waals surface area contributed by atoms with Crippen LogP contribution in [0.4, 0.5) is 0 Å². The van der Waals surface area contributed by atoms with E-state index in [1.807, 2.05) is 6.92 Å². The Morgan fingerprint density at radius 3 is 2.75 bits per heavy atom. The molecule has 0 aromatic rings. The second-order valence-electron chi connectivity index (χ2n) is 6.40. The van der Waals surface area contributed by atoms with Crippen molar-refractivity contribution in [3.8, 4) is 0 Å². The minimum absolute atomic E-state index is 0.0359. The van der Waals surface area contributed by atoms with Gasteiger partial charge in [-0.05, 0) is 24.8 Å². The van der Waals surface area contributed by atoms with Gasteiger partial charge in [0.1, 0.15) is 0 Å². The molecule has 2 aliphatic carbocycles. The lowest BCUT2D eigenvalue weighted by Gasteiger charge is -2.37. The third kappa shape index (κ3) is 1.39. The number of ether oxygens (including phenoxy) is 1. The molecule has 5 nitrogen and oxygen atoms in total. The fourth-order valence-corrected chi connectivity index (χ4v) is 4.09. The normalized spacial score (nSPS) is 50.7. The molecule has 1 saturated heterocycles. The molecule has 6 atom stereocenters. The van der Waals surface area contributed by atoms with Crippen molar-refractivity contribution < 1.29 is 24.5 Å². The van der Waals surface area contributed by atoms with E-state index in [4.69, 9.17) is 4.74 Å². The van der Waals surface area contributed by atoms with Crippen LogP contribution in [-0.4, -0.2) is 33.9 Å². The Labute approximate surface area is 116 Å². The number of hydrogen-bond donors (Lipinski definition) is 2. The van der Waals surface area contributed by atoms with Gasteiger partial charge in [0, 0.05) is 12.0 Å². The number of hydrogen-bond acceptors (Lipinski definition) is 5. The van der Waals surface area contributed by atoms with Crippen LogP contribution in [0.3, 0.4) is 0 Å². The number of allylic oxidation sites excluding steroid dienone is 2. The van der Waals surface area contributed by atoms with Crippen molar-refractivity contribution in [3.05, 3.63) is 24.3 Å². The molecule has 3 aliphatic rings. The minimum Gasteiger partial charge on any atom is -0.429 e. The number of aliphatic hydroxyl groups is 2. The zero-order valence-electron chi connectivity index (χ0n) is 11.5. The number of carbonyl (C=O) groups excluding carboxylic acids is 2. The molecule has 0 radical (unpaired) electrons. The highest BCUT2D eigenvalue weighted by molar-refractivity contribution is 5.99. The number of rotatable bonds is 0. The van der Waals surface area contributed by atoms with E-state index >= 15 is 0 Å². The highest BCUT2D eigenvalue weighted by Gasteiger charge is 2.65. The Kier molecular flexibility index (Phi) is 2.57. The molecule has 1 aliphatic heterocycles. The number of fused-ring (bicyclic) bond motifs is 2. The van der Waals surface area contributed by atoms with Crippen molar-refractivity contribution >= 4 is 11.8 Å². The van der Waals surface area contributed by atoms with Crippen LogP contribution in [0.15, 0.2) is 24.3 Å². The van der Waals surface area contributed by atoms with E-state index < -0.39 is 29.2 Å². The molecule has 2 N–H and O–H groups in total. The molecule has 2 fully saturated rings. The number of esters is 1. The lowest BCUT2D eigenvalue weighted by molar-refractivity contribution is -0.217. The summed E-state index contributed by atoms with van der Waals surface area (Å²) in [4.78, 5) is 23.9. The molecule has 0 bridgehead atoms. The van der Waals surface area contributed by atoms with Crippen molar-refractivity contribution in [1.82, 2.24) is 0 Å². The molecule has 0 aromatic heterocycles. The second kappa shape index (κ2) is 3.80. The molecule has 1 saturated carbocycles. The summed E-state index contributed by atoms with van der Waals surface area (Å²) in [5.74, 6) is -3.91. The van der Waals surface area contributed by atoms with Gasteiger partial charge in [-0.1, -0.05) is 19.6 Å². The average molecular weight is 278 g/mol. The van der Waals surface area contributed by atoms with Gasteiger partial charge in [0.2, 0.25) is 5.79 Å². The molecule has 1 unspecified atom stereocenters. The smallest absolute Gasteiger partial charge is 0.336 e. The Morgan fingerprint density at radius 1 is 1.45 bits per heavy atom. The molecule has 5 heteroatoms. The first-order chi connectivity index (χ1) is 9.21. The lowest BCUT2D eigenvalue weighted by atomic mass is 9.67. The Morgan fingerprint density at radius 2 is 2.10 bits per heavy atom. The van der Waals surface area contributed by atoms with Crippen molar-refractivity contribution in [2.45, 2.75) is 32.2 Å². The molecule has 20 heavy (non-hydrogen) atoms. The standard InChI is InChI=1S/C15H18O5/c1-7-6-15(19)11(8(2)13(18)20-15)12(17)14(3)9(7)4-5-10(14)16/h4-5,7,9,11-12,17,19H,2,6H2,1,3H3/t7-,9-,11?,12-,14-,15+/m0/s1. The topological polar surface area (TPSA) is 83.8 Å². The zero-order chi connectivity index (χ0) is 14.9. The summed E-state index contributed by atoms with van der Waals surface area (Å²) in [5, 5.41) is 21.3. The van der Waals surface area contributed by atoms with Gasteiger partial charge in [-0.2, -0.15) is 0 Å². The lowest BCUT2D eigenvalue weighted by Crippen LogP contribution is -2.49. The summed E-state index contributed by atoms with van der Waals surface area (Å²) in [6, 6.07) is 0. The second-order valence-corrected chi connectivity index (χ2v) is 6.40. The predicted molar refractivity (Wildman–Crippen MR) is 69.2 cm³/mol. The molecule has 0 amide bonds. The molecule has 3 rings (SSSR count). The van der Waals surface area contributed by atoms with E-state index in [0.29, 0.717) is 0 Å². The maximum Gasteiger partial charge on any atom is 0.336 e. The van der Waals surface area contributed by atoms with Crippen molar-refractivity contribution in [2.24, 2.45) is 23.2 Å². The van der Waals surface area contributed by atoms with Gasteiger partial charge < -0.3 is 14.9 Å². The highest BCUT2D eigenvalue weighted by atomic mass is 16.7. The van der Waals surface area contributed by atoms with Crippen LogP contribution in [0.5, 0.6) is 0 Å². The Balaban J connectivity index is 2.15. The van der Waals surface area contributed by atoms with E-state index in [1.54, 1.807) is 13.0 Å². The van der Waals surface area contributed by atoms with Gasteiger partial charge >= 0.3 is 5.97 Å². The summed E-state index contributed by atoms with van der Waals surface area (Å²) in [5.41, 5.74) is -1.01. The largest absolute Gasteiger partial charge is 0.429 e. The quantitative estimate of drug-likeness (QED) is 0.500. The average Bonchev–Trinajstić information content (AvgIpc) is 2.74. The Bertz CT molecular complexity index is 550. The van der Waals surface area contributed by atoms with Crippen LogP contribution < -0.4 is 0 Å². The van der Waals surface area contributed by atoms with E-state index in [9.17, 15) is 19.8 Å². The first-order valence-electron chi connectivity index (χ1n) is 6.77. The zero-order valence-corrected chi connectivity index (χ0v) is 11.5. The van der Waals surface area contributed by atoms with E-state index in [0.717, 1.165) is 0 Å². The number of carbonyl (C=O) groups is 2. The van der Waals surface area contributed by atoms with Crippen molar-refractivity contribution in [3.63, 3.8) is 0 Å². The van der Waals surface area contributed by atoms with Gasteiger partial charge in [0.25, 0.3) is 0 Å². The summed E-state index contributed by atoms with van der Waals surface area (Å²) in [6.07, 6.45) is 2.24. The van der Waals surface area contributed by atoms with Gasteiger partial charge in [0.15, 0.2) is 5.78 Å². The van der Waals surface area contributed by atoms with Gasteiger partial charge in [-0.3, -0.25) is 4.79 Å². The van der Waals surface area contributed by atoms with Crippen LogP contribution in [0.2, 0.25) is 0 Å². The van der Waals surface area contributed by atoms with Crippen LogP contribution in [0, 0.1) is 23.2 Å². The van der Waals surface area contributed by atoms with Gasteiger partial charge in [0.05, 0.1) is 17.4 Å². The van der Waals surface area contributed by atoms with E-state index in [-0.39, 0.29) is 29.6 Å². The molecular weight excluding hydrogens is 260 g/mol. The summed E-state index contributed by atoms with van der Waals surface area (Å²) < 4.78 is 5.05. The van der Waals surface area contributed by atoms with Gasteiger partial charge in [-0.15, -0.1) is 0 Å². The van der Waals surface area contributed by atoms with Crippen LogP contribution in [0.25, 0.3) is 0 Å². The van der Waals surface area contributed by atoms with Crippen LogP contribution in [0.1, 0.15) is 20.3 Å². The maximum absolute atomic E-state index is 12.2. The van der Waals surface area contributed by atoms with Crippen LogP contribution in [-0.2, 0) is 14.3 Å². The number of ketones is 1. The third-order valence-electron chi connectivity index (χ3n) is 5.23. The van der Waals surface area contributed by atoms with Gasteiger partial charge in [-0.25, -0.2) is 4.79 Å². The van der Waals surface area contributed by atoms with Crippen molar-refractivity contribution in [1.29, 1.82) is 0 Å². The third-order valence-corrected chi connectivity index (χ3v) is 5.23.